The maximum atomic E-state index is 14.3. The number of hydrogen-bond acceptors (Lipinski definition) is 7. The molecule has 9 nitrogen and oxygen atoms in total. The minimum Gasteiger partial charge on any atom is -0.493 e. The SMILES string of the molecule is COc1ccc(C[C@H](Nc2cccc(-c3ccccc3)c2)C(=O)N[C@H](CC(C)C)C(=O)N[C@@H](C)B2O[C@@H]3C[C@@H]4C[C@@H](C4(C)C)[C@]3(C)O2)cc1OC. The summed E-state index contributed by atoms with van der Waals surface area (Å²) in [7, 11) is 2.64. The van der Waals surface area contributed by atoms with E-state index < -0.39 is 25.1 Å². The van der Waals surface area contributed by atoms with Gasteiger partial charge < -0.3 is 34.7 Å². The van der Waals surface area contributed by atoms with Crippen molar-refractivity contribution in [2.24, 2.45) is 23.2 Å². The Labute approximate surface area is 303 Å². The standard InChI is InChI=1S/C41H54BN3O6/c1-25(2)19-32(38(46)43-26(3)42-50-37-24-30-23-36(40(30,4)5)41(37,6)51-42)45-39(47)33(20-27-17-18-34(48-7)35(21-27)49-8)44-31-16-12-15-29(22-31)28-13-10-9-11-14-28/h9-18,21-22,25-26,30,32-33,36-37,44H,19-20,23-24H2,1-8H3,(H,43,46)(H,45,47)/t26-,30-,32+,33-,36-,37+,41-/m0/s1. The number of hydrogen-bond donors (Lipinski definition) is 3. The van der Waals surface area contributed by atoms with Crippen LogP contribution in [0.2, 0.25) is 0 Å². The Hall–Kier alpha value is -4.02. The molecule has 0 aromatic heterocycles. The molecule has 2 amide bonds. The van der Waals surface area contributed by atoms with E-state index in [1.54, 1.807) is 14.2 Å². The monoisotopic (exact) mass is 695 g/mol. The van der Waals surface area contributed by atoms with Crippen LogP contribution in [-0.2, 0) is 25.3 Å². The lowest BCUT2D eigenvalue weighted by Crippen LogP contribution is -2.65. The van der Waals surface area contributed by atoms with Gasteiger partial charge in [-0.25, -0.2) is 0 Å². The Kier molecular flexibility index (Phi) is 10.8. The highest BCUT2D eigenvalue weighted by molar-refractivity contribution is 6.47. The van der Waals surface area contributed by atoms with Crippen molar-refractivity contribution in [1.29, 1.82) is 0 Å². The molecule has 272 valence electrons. The number of methoxy groups -OCH3 is 2. The van der Waals surface area contributed by atoms with Gasteiger partial charge in [-0.1, -0.05) is 76.2 Å². The summed E-state index contributed by atoms with van der Waals surface area (Å²) in [6, 6.07) is 22.3. The molecule has 3 saturated carbocycles. The normalized spacial score (nSPS) is 24.8. The van der Waals surface area contributed by atoms with E-state index in [0.29, 0.717) is 36.2 Å². The molecule has 3 N–H and O–H groups in total. The molecular weight excluding hydrogens is 641 g/mol. The number of anilines is 1. The molecule has 51 heavy (non-hydrogen) atoms. The first-order valence-corrected chi connectivity index (χ1v) is 18.4. The summed E-state index contributed by atoms with van der Waals surface area (Å²) in [5.41, 5.74) is 3.64. The van der Waals surface area contributed by atoms with Crippen LogP contribution in [0.15, 0.2) is 72.8 Å². The first-order chi connectivity index (χ1) is 24.3. The van der Waals surface area contributed by atoms with Crippen molar-refractivity contribution in [3.05, 3.63) is 78.4 Å². The molecule has 4 aliphatic rings. The third kappa shape index (κ3) is 7.63. The minimum absolute atomic E-state index is 0.0218. The van der Waals surface area contributed by atoms with E-state index in [4.69, 9.17) is 18.8 Å². The van der Waals surface area contributed by atoms with Crippen molar-refractivity contribution in [2.45, 2.75) is 97.0 Å². The van der Waals surface area contributed by atoms with E-state index in [9.17, 15) is 9.59 Å². The molecule has 4 fully saturated rings. The molecule has 0 spiro atoms. The van der Waals surface area contributed by atoms with Gasteiger partial charge in [0.05, 0.1) is 31.9 Å². The largest absolute Gasteiger partial charge is 0.493 e. The zero-order valence-electron chi connectivity index (χ0n) is 31.3. The Morgan fingerprint density at radius 2 is 1.55 bits per heavy atom. The maximum Gasteiger partial charge on any atom is 0.481 e. The quantitative estimate of drug-likeness (QED) is 0.161. The van der Waals surface area contributed by atoms with Crippen molar-refractivity contribution >= 4 is 24.6 Å². The van der Waals surface area contributed by atoms with Crippen LogP contribution in [0.5, 0.6) is 11.5 Å². The molecule has 2 bridgehead atoms. The summed E-state index contributed by atoms with van der Waals surface area (Å²) in [6.45, 7) is 12.9. The second kappa shape index (κ2) is 14.9. The lowest BCUT2D eigenvalue weighted by Gasteiger charge is -2.64. The number of nitrogens with one attached hydrogen (secondary N) is 3. The maximum absolute atomic E-state index is 14.3. The first-order valence-electron chi connectivity index (χ1n) is 18.4. The van der Waals surface area contributed by atoms with Crippen LogP contribution in [0.4, 0.5) is 5.69 Å². The molecular formula is C41H54BN3O6. The van der Waals surface area contributed by atoms with Crippen LogP contribution >= 0.6 is 0 Å². The molecule has 1 saturated heterocycles. The number of carbonyl (C=O) groups excluding carboxylic acids is 2. The van der Waals surface area contributed by atoms with Gasteiger partial charge in [0.25, 0.3) is 0 Å². The average Bonchev–Trinajstić information content (AvgIpc) is 3.48. The molecule has 3 aromatic rings. The summed E-state index contributed by atoms with van der Waals surface area (Å²) in [6.07, 6.45) is 2.98. The van der Waals surface area contributed by atoms with Gasteiger partial charge in [-0.15, -0.1) is 0 Å². The first kappa shape index (κ1) is 36.8. The summed E-state index contributed by atoms with van der Waals surface area (Å²) in [4.78, 5) is 28.2. The topological polar surface area (TPSA) is 107 Å². The molecule has 7 atom stereocenters. The van der Waals surface area contributed by atoms with E-state index in [2.05, 4.69) is 48.9 Å². The number of benzene rings is 3. The molecule has 7 rings (SSSR count). The third-order valence-electron chi connectivity index (χ3n) is 11.6. The Morgan fingerprint density at radius 1 is 0.843 bits per heavy atom. The highest BCUT2D eigenvalue weighted by Crippen LogP contribution is 2.65. The second-order valence-electron chi connectivity index (χ2n) is 15.9. The van der Waals surface area contributed by atoms with Crippen LogP contribution in [0, 0.1) is 23.2 Å². The van der Waals surface area contributed by atoms with E-state index >= 15 is 0 Å². The van der Waals surface area contributed by atoms with Crippen LogP contribution in [-0.4, -0.2) is 62.9 Å². The van der Waals surface area contributed by atoms with E-state index in [1.807, 2.05) is 81.4 Å². The number of carbonyl (C=O) groups is 2. The van der Waals surface area contributed by atoms with Gasteiger partial charge >= 0.3 is 7.12 Å². The predicted molar refractivity (Wildman–Crippen MR) is 202 cm³/mol. The highest BCUT2D eigenvalue weighted by atomic mass is 16.7. The molecule has 0 radical (unpaired) electrons. The van der Waals surface area contributed by atoms with Crippen LogP contribution in [0.1, 0.15) is 66.4 Å². The van der Waals surface area contributed by atoms with Gasteiger partial charge in [-0.2, -0.15) is 0 Å². The molecule has 3 aromatic carbocycles. The van der Waals surface area contributed by atoms with Crippen LogP contribution < -0.4 is 25.4 Å². The Bertz CT molecular complexity index is 1700. The van der Waals surface area contributed by atoms with Crippen molar-refractivity contribution in [1.82, 2.24) is 10.6 Å². The predicted octanol–water partition coefficient (Wildman–Crippen LogP) is 6.70. The Morgan fingerprint density at radius 3 is 2.24 bits per heavy atom. The van der Waals surface area contributed by atoms with E-state index in [-0.39, 0.29) is 34.9 Å². The summed E-state index contributed by atoms with van der Waals surface area (Å²) >= 11 is 0. The summed E-state index contributed by atoms with van der Waals surface area (Å²) in [5.74, 6) is 1.49. The number of rotatable bonds is 14. The van der Waals surface area contributed by atoms with Crippen LogP contribution in [0.3, 0.4) is 0 Å². The van der Waals surface area contributed by atoms with Gasteiger partial charge in [0, 0.05) is 12.1 Å². The second-order valence-corrected chi connectivity index (χ2v) is 15.9. The smallest absolute Gasteiger partial charge is 0.481 e. The number of amides is 2. The third-order valence-corrected chi connectivity index (χ3v) is 11.6. The highest BCUT2D eigenvalue weighted by Gasteiger charge is 2.68. The van der Waals surface area contributed by atoms with Gasteiger partial charge in [-0.05, 0) is 97.2 Å². The zero-order chi connectivity index (χ0) is 36.5. The van der Waals surface area contributed by atoms with Gasteiger partial charge in [-0.3, -0.25) is 9.59 Å². The van der Waals surface area contributed by atoms with Crippen molar-refractivity contribution in [3.63, 3.8) is 0 Å². The molecule has 1 aliphatic heterocycles. The van der Waals surface area contributed by atoms with Crippen molar-refractivity contribution < 1.29 is 28.4 Å². The van der Waals surface area contributed by atoms with Crippen LogP contribution in [0.25, 0.3) is 11.1 Å². The fourth-order valence-corrected chi connectivity index (χ4v) is 8.56. The molecule has 3 aliphatic carbocycles. The fraction of sp³-hybridized carbons (Fsp3) is 0.512. The molecule has 1 heterocycles. The molecule has 0 unspecified atom stereocenters. The summed E-state index contributed by atoms with van der Waals surface area (Å²) < 4.78 is 24.1. The van der Waals surface area contributed by atoms with Crippen molar-refractivity contribution in [2.75, 3.05) is 19.5 Å². The van der Waals surface area contributed by atoms with Gasteiger partial charge in [0.2, 0.25) is 11.8 Å². The summed E-state index contributed by atoms with van der Waals surface area (Å²) in [5, 5.41) is 9.74. The van der Waals surface area contributed by atoms with Crippen molar-refractivity contribution in [3.8, 4) is 22.6 Å². The fourth-order valence-electron chi connectivity index (χ4n) is 8.56. The van der Waals surface area contributed by atoms with E-state index in [1.165, 1.54) is 0 Å². The molecule has 10 heteroatoms. The van der Waals surface area contributed by atoms with E-state index in [0.717, 1.165) is 35.2 Å². The lowest BCUT2D eigenvalue weighted by molar-refractivity contribution is -0.199. The Balaban J connectivity index is 1.19. The minimum atomic E-state index is -0.753. The average molecular weight is 696 g/mol. The number of ether oxygens (including phenoxy) is 2. The van der Waals surface area contributed by atoms with Gasteiger partial charge in [0.1, 0.15) is 12.1 Å². The van der Waals surface area contributed by atoms with Gasteiger partial charge in [0.15, 0.2) is 11.5 Å². The zero-order valence-corrected chi connectivity index (χ0v) is 31.3. The lowest BCUT2D eigenvalue weighted by atomic mass is 9.43.